The van der Waals surface area contributed by atoms with Crippen molar-refractivity contribution in [1.29, 1.82) is 0 Å². The Labute approximate surface area is 233 Å². The van der Waals surface area contributed by atoms with Crippen LogP contribution in [0.4, 0.5) is 0 Å². The minimum absolute atomic E-state index is 0.0852. The zero-order valence-corrected chi connectivity index (χ0v) is 23.0. The summed E-state index contributed by atoms with van der Waals surface area (Å²) in [4.78, 5) is 41.5. The van der Waals surface area contributed by atoms with E-state index in [4.69, 9.17) is 11.6 Å². The molecule has 10 heteroatoms. The minimum Gasteiger partial charge on any atom is -0.478 e. The third kappa shape index (κ3) is 8.10. The summed E-state index contributed by atoms with van der Waals surface area (Å²) in [6, 6.07) is 16.4. The number of nitrogens with one attached hydrogen (secondary N) is 2. The van der Waals surface area contributed by atoms with Gasteiger partial charge in [-0.25, -0.2) is 9.78 Å². The molecule has 0 aliphatic rings. The smallest absolute Gasteiger partial charge is 0.336 e. The molecule has 3 rings (SSSR count). The van der Waals surface area contributed by atoms with Crippen LogP contribution in [0.3, 0.4) is 0 Å². The molecular formula is C28H33ClN4O4S. The largest absolute Gasteiger partial charge is 0.478 e. The number of rotatable bonds is 14. The van der Waals surface area contributed by atoms with Gasteiger partial charge in [0.2, 0.25) is 11.8 Å². The Bertz CT molecular complexity index is 1250. The molecule has 0 spiro atoms. The van der Waals surface area contributed by atoms with E-state index in [-0.39, 0.29) is 48.1 Å². The maximum Gasteiger partial charge on any atom is 0.336 e. The molecule has 8 nitrogen and oxygen atoms in total. The lowest BCUT2D eigenvalue weighted by atomic mass is 10.0. The van der Waals surface area contributed by atoms with Crippen molar-refractivity contribution in [1.82, 2.24) is 20.2 Å². The van der Waals surface area contributed by atoms with Crippen LogP contribution in [-0.4, -0.2) is 44.7 Å². The van der Waals surface area contributed by atoms with Gasteiger partial charge >= 0.3 is 5.97 Å². The molecule has 1 aromatic heterocycles. The predicted molar refractivity (Wildman–Crippen MR) is 151 cm³/mol. The van der Waals surface area contributed by atoms with Crippen molar-refractivity contribution in [2.24, 2.45) is 5.92 Å². The third-order valence-corrected chi connectivity index (χ3v) is 6.97. The van der Waals surface area contributed by atoms with Crippen molar-refractivity contribution in [3.8, 4) is 0 Å². The fourth-order valence-electron chi connectivity index (χ4n) is 4.12. The Hall–Kier alpha value is -3.30. The number of nitrogens with zero attached hydrogens (tertiary/aromatic N) is 2. The summed E-state index contributed by atoms with van der Waals surface area (Å²) in [6.45, 7) is 2.23. The second-order valence-electron chi connectivity index (χ2n) is 8.98. The Kier molecular flexibility index (Phi) is 11.2. The zero-order valence-electron chi connectivity index (χ0n) is 21.3. The normalized spacial score (nSPS) is 11.7. The zero-order chi connectivity index (χ0) is 27.5. The molecule has 0 saturated carbocycles. The van der Waals surface area contributed by atoms with Crippen molar-refractivity contribution >= 4 is 42.0 Å². The number of imidazole rings is 1. The molecule has 1 heterocycles. The molecule has 0 saturated heterocycles. The van der Waals surface area contributed by atoms with E-state index < -0.39 is 5.97 Å². The number of hydrogen-bond donors (Lipinski definition) is 4. The summed E-state index contributed by atoms with van der Waals surface area (Å²) in [5.41, 5.74) is 2.42. The van der Waals surface area contributed by atoms with Crippen LogP contribution in [0.5, 0.6) is 0 Å². The Balaban J connectivity index is 1.66. The van der Waals surface area contributed by atoms with E-state index in [0.717, 1.165) is 24.2 Å². The number of benzene rings is 2. The van der Waals surface area contributed by atoms with Gasteiger partial charge < -0.3 is 20.3 Å². The molecular weight excluding hydrogens is 524 g/mol. The number of amides is 2. The lowest BCUT2D eigenvalue weighted by Crippen LogP contribution is -2.40. The van der Waals surface area contributed by atoms with Crippen LogP contribution in [-0.2, 0) is 35.5 Å². The van der Waals surface area contributed by atoms with Crippen LogP contribution in [0.2, 0.25) is 5.15 Å². The molecule has 0 fully saturated rings. The first kappa shape index (κ1) is 29.3. The van der Waals surface area contributed by atoms with E-state index in [0.29, 0.717) is 29.9 Å². The highest BCUT2D eigenvalue weighted by molar-refractivity contribution is 7.80. The van der Waals surface area contributed by atoms with Crippen molar-refractivity contribution in [2.45, 2.75) is 45.7 Å². The summed E-state index contributed by atoms with van der Waals surface area (Å²) >= 11 is 10.8. The Morgan fingerprint density at radius 2 is 1.79 bits per heavy atom. The van der Waals surface area contributed by atoms with Crippen molar-refractivity contribution in [3.63, 3.8) is 0 Å². The summed E-state index contributed by atoms with van der Waals surface area (Å²) < 4.78 is 1.87. The summed E-state index contributed by atoms with van der Waals surface area (Å²) in [7, 11) is 0. The SMILES string of the molecule is CCCCc1nc(Cl)c(CNC(=O)CNC(=O)C(CS)Cc2ccccc2)n1Cc1ccccc1C(=O)O. The first-order chi connectivity index (χ1) is 18.3. The fourth-order valence-corrected chi connectivity index (χ4v) is 4.68. The number of carbonyl (C=O) groups excluding carboxylic acids is 2. The van der Waals surface area contributed by atoms with Crippen LogP contribution in [0.15, 0.2) is 54.6 Å². The molecule has 0 radical (unpaired) electrons. The third-order valence-electron chi connectivity index (χ3n) is 6.23. The Morgan fingerprint density at radius 1 is 1.08 bits per heavy atom. The van der Waals surface area contributed by atoms with Crippen LogP contribution in [0.25, 0.3) is 0 Å². The monoisotopic (exact) mass is 556 g/mol. The van der Waals surface area contributed by atoms with E-state index in [1.165, 1.54) is 0 Å². The minimum atomic E-state index is -1.01. The molecule has 202 valence electrons. The van der Waals surface area contributed by atoms with Crippen molar-refractivity contribution in [3.05, 3.63) is 88.0 Å². The highest BCUT2D eigenvalue weighted by Crippen LogP contribution is 2.22. The molecule has 38 heavy (non-hydrogen) atoms. The molecule has 0 aliphatic carbocycles. The maximum absolute atomic E-state index is 12.6. The number of aromatic carboxylic acids is 1. The molecule has 3 aromatic rings. The highest BCUT2D eigenvalue weighted by atomic mass is 35.5. The number of unbranched alkanes of at least 4 members (excludes halogenated alkanes) is 1. The fraction of sp³-hybridized carbons (Fsp3) is 0.357. The number of carboxylic acids is 1. The maximum atomic E-state index is 12.6. The van der Waals surface area contributed by atoms with Gasteiger partial charge in [-0.15, -0.1) is 0 Å². The molecule has 1 atom stereocenters. The second-order valence-corrected chi connectivity index (χ2v) is 9.70. The quantitative estimate of drug-likeness (QED) is 0.223. The van der Waals surface area contributed by atoms with Gasteiger partial charge in [0.05, 0.1) is 30.3 Å². The van der Waals surface area contributed by atoms with Crippen LogP contribution in [0.1, 0.15) is 52.8 Å². The van der Waals surface area contributed by atoms with Crippen LogP contribution >= 0.6 is 24.2 Å². The number of aromatic nitrogens is 2. The van der Waals surface area contributed by atoms with Gasteiger partial charge in [-0.2, -0.15) is 12.6 Å². The average molecular weight is 557 g/mol. The van der Waals surface area contributed by atoms with E-state index in [9.17, 15) is 19.5 Å². The van der Waals surface area contributed by atoms with E-state index in [1.54, 1.807) is 24.3 Å². The van der Waals surface area contributed by atoms with Gasteiger partial charge in [-0.3, -0.25) is 9.59 Å². The van der Waals surface area contributed by atoms with Gasteiger partial charge in [0.1, 0.15) is 5.82 Å². The predicted octanol–water partition coefficient (Wildman–Crippen LogP) is 4.15. The number of carbonyl (C=O) groups is 3. The topological polar surface area (TPSA) is 113 Å². The van der Waals surface area contributed by atoms with E-state index >= 15 is 0 Å². The average Bonchev–Trinajstić information content (AvgIpc) is 3.22. The van der Waals surface area contributed by atoms with E-state index in [2.05, 4.69) is 35.2 Å². The summed E-state index contributed by atoms with van der Waals surface area (Å²) in [5.74, 6) is -0.906. The number of carboxylic acid groups (broad SMARTS) is 1. The van der Waals surface area contributed by atoms with Gasteiger partial charge in [-0.05, 0) is 30.0 Å². The first-order valence-electron chi connectivity index (χ1n) is 12.6. The first-order valence-corrected chi connectivity index (χ1v) is 13.6. The van der Waals surface area contributed by atoms with Crippen molar-refractivity contribution < 1.29 is 19.5 Å². The number of halogens is 1. The van der Waals surface area contributed by atoms with Gasteiger partial charge in [0.25, 0.3) is 0 Å². The van der Waals surface area contributed by atoms with Gasteiger partial charge in [0, 0.05) is 18.7 Å². The molecule has 3 N–H and O–H groups in total. The van der Waals surface area contributed by atoms with Gasteiger partial charge in [0.15, 0.2) is 5.15 Å². The van der Waals surface area contributed by atoms with E-state index in [1.807, 2.05) is 34.9 Å². The van der Waals surface area contributed by atoms with Gasteiger partial charge in [-0.1, -0.05) is 73.5 Å². The molecule has 1 unspecified atom stereocenters. The standard InChI is InChI=1S/C28H33ClN4O4S/c1-2-3-13-24-32-26(29)23(33(24)17-20-11-7-8-12-22(20)28(36)37)15-30-25(34)16-31-27(35)21(18-38)14-19-9-5-4-6-10-19/h4-12,21,38H,2-3,13-18H2,1H3,(H,30,34)(H,31,35)(H,36,37). The lowest BCUT2D eigenvalue weighted by Gasteiger charge is -2.16. The molecule has 0 bridgehead atoms. The van der Waals surface area contributed by atoms with Crippen LogP contribution in [0, 0.1) is 5.92 Å². The molecule has 2 aromatic carbocycles. The number of hydrogen-bond acceptors (Lipinski definition) is 5. The lowest BCUT2D eigenvalue weighted by molar-refractivity contribution is -0.128. The van der Waals surface area contributed by atoms with Crippen molar-refractivity contribution in [2.75, 3.05) is 12.3 Å². The summed E-state index contributed by atoms with van der Waals surface area (Å²) in [5, 5.41) is 15.3. The molecule has 2 amide bonds. The summed E-state index contributed by atoms with van der Waals surface area (Å²) in [6.07, 6.45) is 3.05. The molecule has 0 aliphatic heterocycles. The van der Waals surface area contributed by atoms with Crippen LogP contribution < -0.4 is 10.6 Å². The number of thiol groups is 1. The second kappa shape index (κ2) is 14.6. The highest BCUT2D eigenvalue weighted by Gasteiger charge is 2.21. The Morgan fingerprint density at radius 3 is 2.47 bits per heavy atom. The number of aryl methyl sites for hydroxylation is 1.